The molecule has 0 radical (unpaired) electrons. The molecule has 0 unspecified atom stereocenters. The molecule has 2 aliphatic rings. The molecule has 1 saturated carbocycles. The van der Waals surface area contributed by atoms with E-state index in [-0.39, 0.29) is 24.0 Å². The number of amides is 1. The number of rotatable bonds is 8. The molecule has 1 atom stereocenters. The smallest absolute Gasteiger partial charge is 0.341 e. The second kappa shape index (κ2) is 11.5. The van der Waals surface area contributed by atoms with Crippen LogP contribution in [0.2, 0.25) is 0 Å². The molecular weight excluding hydrogens is 581 g/mol. The maximum Gasteiger partial charge on any atom is 0.416 e. The lowest BCUT2D eigenvalue weighted by Crippen LogP contribution is -2.58. The van der Waals surface area contributed by atoms with E-state index >= 15 is 8.78 Å². The van der Waals surface area contributed by atoms with Crippen molar-refractivity contribution < 1.29 is 35.2 Å². The first-order valence-electron chi connectivity index (χ1n) is 13.8. The Kier molecular flexibility index (Phi) is 8.33. The van der Waals surface area contributed by atoms with E-state index in [1.807, 2.05) is 4.72 Å². The van der Waals surface area contributed by atoms with Gasteiger partial charge in [0.2, 0.25) is 15.9 Å². The molecule has 1 amide bonds. The van der Waals surface area contributed by atoms with Crippen molar-refractivity contribution in [3.8, 4) is 0 Å². The van der Waals surface area contributed by atoms with E-state index in [1.54, 1.807) is 10.7 Å². The second-order valence-electron chi connectivity index (χ2n) is 11.1. The predicted octanol–water partition coefficient (Wildman–Crippen LogP) is 4.63. The van der Waals surface area contributed by atoms with Crippen molar-refractivity contribution in [3.63, 3.8) is 0 Å². The first-order chi connectivity index (χ1) is 19.8. The molecule has 1 aliphatic carbocycles. The number of hydrogen-bond acceptors (Lipinski definition) is 5. The fourth-order valence-corrected chi connectivity index (χ4v) is 6.89. The maximum atomic E-state index is 15.9. The Morgan fingerprint density at radius 2 is 1.60 bits per heavy atom. The van der Waals surface area contributed by atoms with Crippen LogP contribution in [0.1, 0.15) is 49.7 Å². The van der Waals surface area contributed by atoms with Crippen LogP contribution in [0.4, 0.5) is 22.0 Å². The third-order valence-corrected chi connectivity index (χ3v) is 9.58. The van der Waals surface area contributed by atoms with Crippen molar-refractivity contribution in [2.75, 3.05) is 13.1 Å². The van der Waals surface area contributed by atoms with E-state index in [2.05, 4.69) is 5.10 Å². The Morgan fingerprint density at radius 1 is 0.976 bits per heavy atom. The number of carbonyl (C=O) groups is 1. The lowest BCUT2D eigenvalue weighted by Gasteiger charge is -2.35. The summed E-state index contributed by atoms with van der Waals surface area (Å²) in [4.78, 5) is 14.2. The number of fused-ring (bicyclic) bond motifs is 1. The first-order valence-corrected chi connectivity index (χ1v) is 15.3. The minimum absolute atomic E-state index is 0.0352. The van der Waals surface area contributed by atoms with Crippen molar-refractivity contribution in [2.45, 2.75) is 74.1 Å². The number of halogens is 5. The summed E-state index contributed by atoms with van der Waals surface area (Å²) in [6.45, 7) is 0.754. The molecule has 1 aromatic heterocycles. The Balaban J connectivity index is 1.45. The number of carbonyl (C=O) groups excluding carboxylic acids is 1. The zero-order chi connectivity index (χ0) is 30.3. The van der Waals surface area contributed by atoms with Crippen molar-refractivity contribution >= 4 is 26.8 Å². The minimum atomic E-state index is -4.76. The molecule has 8 nitrogen and oxygen atoms in total. The van der Waals surface area contributed by atoms with Gasteiger partial charge in [-0.1, -0.05) is 25.0 Å². The van der Waals surface area contributed by atoms with E-state index in [9.17, 15) is 26.4 Å². The molecule has 1 saturated heterocycles. The molecule has 1 aliphatic heterocycles. The summed E-state index contributed by atoms with van der Waals surface area (Å²) in [7, 11) is -4.70. The molecule has 2 aromatic carbocycles. The van der Waals surface area contributed by atoms with E-state index in [1.165, 1.54) is 18.3 Å². The fraction of sp³-hybridized carbons (Fsp3) is 0.500. The lowest BCUT2D eigenvalue weighted by molar-refractivity contribution is -0.145. The molecular formula is C28H32F5N5O3S. The van der Waals surface area contributed by atoms with Crippen LogP contribution < -0.4 is 10.5 Å². The number of nitrogens with two attached hydrogens (primary N) is 1. The maximum absolute atomic E-state index is 15.9. The highest BCUT2D eigenvalue weighted by Gasteiger charge is 2.50. The third kappa shape index (κ3) is 6.30. The fourth-order valence-electron chi connectivity index (χ4n) is 5.67. The van der Waals surface area contributed by atoms with Crippen LogP contribution in [0.5, 0.6) is 0 Å². The number of piperidine rings is 1. The van der Waals surface area contributed by atoms with Gasteiger partial charge in [0.25, 0.3) is 5.92 Å². The summed E-state index contributed by atoms with van der Waals surface area (Å²) in [6, 6.07) is 3.29. The zero-order valence-electron chi connectivity index (χ0n) is 22.7. The number of sulfonamides is 1. The first kappa shape index (κ1) is 30.4. The summed E-state index contributed by atoms with van der Waals surface area (Å²) in [5.74, 6) is -4.91. The standard InChI is InChI=1S/C28H32F5N5O3S/c29-27(30,20-5-7-21(8-6-20)28(31,32)33)25(26(39)37-13-11-22(34)12-14-37)36-42(40,41)23-9-10-24-19(15-23)16-35-38(24)17-18-3-1-2-4-18/h5-10,15-16,18,22,25,36H,1-4,11-14,17,34H2/t25-/m1/s1. The summed E-state index contributed by atoms with van der Waals surface area (Å²) >= 11 is 0. The SMILES string of the molecule is NC1CCN(C(=O)[C@@H](NS(=O)(=O)c2ccc3c(cnn3CC3CCCC3)c2)C(F)(F)c2ccc(C(F)(F)F)cc2)CC1. The highest BCUT2D eigenvalue weighted by atomic mass is 32.2. The number of hydrogen-bond donors (Lipinski definition) is 2. The van der Waals surface area contributed by atoms with Gasteiger partial charge in [0.1, 0.15) is 0 Å². The van der Waals surface area contributed by atoms with Gasteiger partial charge in [-0.3, -0.25) is 9.48 Å². The van der Waals surface area contributed by atoms with Crippen LogP contribution in [0.25, 0.3) is 10.9 Å². The van der Waals surface area contributed by atoms with Gasteiger partial charge >= 0.3 is 6.18 Å². The average molecular weight is 614 g/mol. The number of nitrogens with zero attached hydrogens (tertiary/aromatic N) is 3. The molecule has 2 heterocycles. The summed E-state index contributed by atoms with van der Waals surface area (Å²) in [5.41, 5.74) is 4.47. The normalized spacial score (nSPS) is 18.6. The molecule has 0 bridgehead atoms. The van der Waals surface area contributed by atoms with Gasteiger partial charge in [0.05, 0.1) is 22.2 Å². The Morgan fingerprint density at radius 3 is 2.21 bits per heavy atom. The van der Waals surface area contributed by atoms with Gasteiger partial charge in [0.15, 0.2) is 6.04 Å². The van der Waals surface area contributed by atoms with Gasteiger partial charge in [0, 0.05) is 36.6 Å². The van der Waals surface area contributed by atoms with Gasteiger partial charge in [-0.15, -0.1) is 0 Å². The van der Waals surface area contributed by atoms with Gasteiger partial charge in [-0.25, -0.2) is 8.42 Å². The number of alkyl halides is 5. The van der Waals surface area contributed by atoms with Crippen LogP contribution in [0.15, 0.2) is 53.6 Å². The highest BCUT2D eigenvalue weighted by molar-refractivity contribution is 7.89. The van der Waals surface area contributed by atoms with E-state index < -0.39 is 45.2 Å². The average Bonchev–Trinajstić information content (AvgIpc) is 3.61. The molecule has 0 spiro atoms. The predicted molar refractivity (Wildman–Crippen MR) is 145 cm³/mol. The van der Waals surface area contributed by atoms with Crippen LogP contribution in [-0.4, -0.2) is 54.2 Å². The van der Waals surface area contributed by atoms with Crippen LogP contribution in [0, 0.1) is 5.92 Å². The molecule has 14 heteroatoms. The van der Waals surface area contributed by atoms with Crippen LogP contribution in [-0.2, 0) is 33.5 Å². The second-order valence-corrected chi connectivity index (χ2v) is 12.8. The number of nitrogens with one attached hydrogen (secondary N) is 1. The van der Waals surface area contributed by atoms with Crippen molar-refractivity contribution in [1.29, 1.82) is 0 Å². The molecule has 3 aromatic rings. The quantitative estimate of drug-likeness (QED) is 0.360. The summed E-state index contributed by atoms with van der Waals surface area (Å²) in [5, 5.41) is 4.86. The molecule has 2 fully saturated rings. The number of benzene rings is 2. The molecule has 3 N–H and O–H groups in total. The van der Waals surface area contributed by atoms with Crippen molar-refractivity contribution in [2.24, 2.45) is 11.7 Å². The van der Waals surface area contributed by atoms with Crippen molar-refractivity contribution in [3.05, 3.63) is 59.8 Å². The van der Waals surface area contributed by atoms with Gasteiger partial charge < -0.3 is 10.6 Å². The van der Waals surface area contributed by atoms with Crippen molar-refractivity contribution in [1.82, 2.24) is 19.4 Å². The monoisotopic (exact) mass is 613 g/mol. The zero-order valence-corrected chi connectivity index (χ0v) is 23.5. The largest absolute Gasteiger partial charge is 0.416 e. The topological polar surface area (TPSA) is 110 Å². The Bertz CT molecular complexity index is 1530. The van der Waals surface area contributed by atoms with E-state index in [4.69, 9.17) is 5.73 Å². The molecule has 42 heavy (non-hydrogen) atoms. The van der Waals surface area contributed by atoms with E-state index in [0.29, 0.717) is 60.5 Å². The van der Waals surface area contributed by atoms with Crippen LogP contribution >= 0.6 is 0 Å². The summed E-state index contributed by atoms with van der Waals surface area (Å²) in [6.07, 6.45) is 1.88. The van der Waals surface area contributed by atoms with Gasteiger partial charge in [-0.05, 0) is 61.9 Å². The number of aromatic nitrogens is 2. The minimum Gasteiger partial charge on any atom is -0.341 e. The number of likely N-dealkylation sites (tertiary alicyclic amines) is 1. The van der Waals surface area contributed by atoms with Crippen LogP contribution in [0.3, 0.4) is 0 Å². The van der Waals surface area contributed by atoms with E-state index in [0.717, 1.165) is 30.6 Å². The molecule has 228 valence electrons. The third-order valence-electron chi connectivity index (χ3n) is 8.16. The Hall–Kier alpha value is -3.10. The molecule has 5 rings (SSSR count). The lowest BCUT2D eigenvalue weighted by atomic mass is 9.97. The summed E-state index contributed by atoms with van der Waals surface area (Å²) < 4.78 is 102. The highest BCUT2D eigenvalue weighted by Crippen LogP contribution is 2.37. The Labute approximate surface area is 240 Å². The van der Waals surface area contributed by atoms with Gasteiger partial charge in [-0.2, -0.15) is 31.8 Å².